The maximum absolute atomic E-state index is 12.4. The van der Waals surface area contributed by atoms with E-state index in [1.54, 1.807) is 0 Å². The van der Waals surface area contributed by atoms with E-state index in [4.69, 9.17) is 4.74 Å². The molecule has 140 valence electrons. The number of hydrogen-bond acceptors (Lipinski definition) is 3. The Balaban J connectivity index is 1.54. The number of rotatable bonds is 7. The van der Waals surface area contributed by atoms with E-state index in [1.165, 1.54) is 0 Å². The lowest BCUT2D eigenvalue weighted by molar-refractivity contribution is 0.0947. The molecule has 0 aliphatic carbocycles. The fourth-order valence-corrected chi connectivity index (χ4v) is 2.96. The van der Waals surface area contributed by atoms with Gasteiger partial charge in [-0.1, -0.05) is 30.3 Å². The van der Waals surface area contributed by atoms with Gasteiger partial charge in [0, 0.05) is 11.3 Å². The van der Waals surface area contributed by atoms with Crippen LogP contribution in [0.15, 0.2) is 54.6 Å². The number of carbonyl (C=O) groups excluding carboxylic acids is 1. The number of hydrogen-bond donors (Lipinski definition) is 1. The molecule has 1 N–H and O–H groups in total. The van der Waals surface area contributed by atoms with E-state index >= 15 is 0 Å². The van der Waals surface area contributed by atoms with E-state index in [2.05, 4.69) is 10.4 Å². The molecule has 1 aromatic heterocycles. The molecular formula is C22H25N3O2. The van der Waals surface area contributed by atoms with Crippen LogP contribution in [0.25, 0.3) is 0 Å². The molecule has 27 heavy (non-hydrogen) atoms. The molecule has 0 saturated heterocycles. The first-order valence-electron chi connectivity index (χ1n) is 9.09. The van der Waals surface area contributed by atoms with Crippen LogP contribution in [0.4, 0.5) is 0 Å². The average Bonchev–Trinajstić information content (AvgIpc) is 2.97. The molecule has 0 spiro atoms. The Kier molecular flexibility index (Phi) is 5.91. The Hall–Kier alpha value is -3.08. The van der Waals surface area contributed by atoms with Crippen molar-refractivity contribution in [3.63, 3.8) is 0 Å². The van der Waals surface area contributed by atoms with Crippen LogP contribution in [0.2, 0.25) is 0 Å². The van der Waals surface area contributed by atoms with Crippen LogP contribution in [0.1, 0.15) is 32.9 Å². The molecule has 5 nitrogen and oxygen atoms in total. The Morgan fingerprint density at radius 2 is 1.89 bits per heavy atom. The van der Waals surface area contributed by atoms with Gasteiger partial charge in [-0.15, -0.1) is 0 Å². The third kappa shape index (κ3) is 4.97. The highest BCUT2D eigenvalue weighted by Gasteiger charge is 2.08. The highest BCUT2D eigenvalue weighted by Crippen LogP contribution is 2.15. The first-order valence-corrected chi connectivity index (χ1v) is 9.09. The summed E-state index contributed by atoms with van der Waals surface area (Å²) in [5, 5.41) is 7.39. The van der Waals surface area contributed by atoms with Gasteiger partial charge in [0.2, 0.25) is 0 Å². The van der Waals surface area contributed by atoms with Gasteiger partial charge in [0.25, 0.3) is 5.91 Å². The van der Waals surface area contributed by atoms with E-state index < -0.39 is 0 Å². The SMILES string of the molecule is Cc1cc(C)n(Cc2cccc(C(=O)NCCOc3ccccc3C)c2)n1. The number of aryl methyl sites for hydroxylation is 3. The van der Waals surface area contributed by atoms with Crippen molar-refractivity contribution in [1.29, 1.82) is 0 Å². The summed E-state index contributed by atoms with van der Waals surface area (Å²) < 4.78 is 7.66. The Bertz CT molecular complexity index is 931. The molecule has 0 bridgehead atoms. The Morgan fingerprint density at radius 3 is 2.63 bits per heavy atom. The predicted molar refractivity (Wildman–Crippen MR) is 106 cm³/mol. The van der Waals surface area contributed by atoms with Crippen molar-refractivity contribution in [3.8, 4) is 5.75 Å². The second-order valence-corrected chi connectivity index (χ2v) is 6.65. The second kappa shape index (κ2) is 8.54. The molecule has 5 heteroatoms. The van der Waals surface area contributed by atoms with Gasteiger partial charge in [-0.2, -0.15) is 5.10 Å². The monoisotopic (exact) mass is 363 g/mol. The summed E-state index contributed by atoms with van der Waals surface area (Å²) >= 11 is 0. The van der Waals surface area contributed by atoms with Crippen molar-refractivity contribution in [2.45, 2.75) is 27.3 Å². The van der Waals surface area contributed by atoms with E-state index in [9.17, 15) is 4.79 Å². The fraction of sp³-hybridized carbons (Fsp3) is 0.273. The lowest BCUT2D eigenvalue weighted by Crippen LogP contribution is -2.28. The number of amides is 1. The molecular weight excluding hydrogens is 338 g/mol. The first-order chi connectivity index (χ1) is 13.0. The summed E-state index contributed by atoms with van der Waals surface area (Å²) in [5.41, 5.74) is 4.88. The molecule has 1 amide bonds. The molecule has 0 fully saturated rings. The maximum Gasteiger partial charge on any atom is 0.251 e. The lowest BCUT2D eigenvalue weighted by Gasteiger charge is -2.10. The van der Waals surface area contributed by atoms with Gasteiger partial charge in [0.1, 0.15) is 12.4 Å². The standard InChI is InChI=1S/C22H25N3O2/c1-16-7-4-5-10-21(16)27-12-11-23-22(26)20-9-6-8-19(14-20)15-25-18(3)13-17(2)24-25/h4-10,13-14H,11-12,15H2,1-3H3,(H,23,26). The maximum atomic E-state index is 12.4. The van der Waals surface area contributed by atoms with E-state index in [1.807, 2.05) is 80.1 Å². The smallest absolute Gasteiger partial charge is 0.251 e. The van der Waals surface area contributed by atoms with E-state index in [0.29, 0.717) is 25.3 Å². The van der Waals surface area contributed by atoms with Gasteiger partial charge in [-0.25, -0.2) is 0 Å². The van der Waals surface area contributed by atoms with Crippen LogP contribution in [-0.2, 0) is 6.54 Å². The van der Waals surface area contributed by atoms with Gasteiger partial charge in [0.15, 0.2) is 0 Å². The number of para-hydroxylation sites is 1. The van der Waals surface area contributed by atoms with Crippen LogP contribution >= 0.6 is 0 Å². The van der Waals surface area contributed by atoms with Crippen molar-refractivity contribution in [2.75, 3.05) is 13.2 Å². The van der Waals surface area contributed by atoms with Crippen LogP contribution in [0, 0.1) is 20.8 Å². The van der Waals surface area contributed by atoms with E-state index in [-0.39, 0.29) is 5.91 Å². The molecule has 2 aromatic carbocycles. The average molecular weight is 363 g/mol. The number of benzene rings is 2. The molecule has 1 heterocycles. The lowest BCUT2D eigenvalue weighted by atomic mass is 10.1. The number of carbonyl (C=O) groups is 1. The Labute approximate surface area is 160 Å². The highest BCUT2D eigenvalue weighted by molar-refractivity contribution is 5.94. The summed E-state index contributed by atoms with van der Waals surface area (Å²) in [7, 11) is 0. The summed E-state index contributed by atoms with van der Waals surface area (Å²) in [6, 6.07) is 17.5. The third-order valence-electron chi connectivity index (χ3n) is 4.36. The molecule has 0 atom stereocenters. The van der Waals surface area contributed by atoms with E-state index in [0.717, 1.165) is 28.3 Å². The summed E-state index contributed by atoms with van der Waals surface area (Å²) in [5.74, 6) is 0.747. The molecule has 0 radical (unpaired) electrons. The van der Waals surface area contributed by atoms with Crippen LogP contribution in [0.5, 0.6) is 5.75 Å². The third-order valence-corrected chi connectivity index (χ3v) is 4.36. The van der Waals surface area contributed by atoms with Gasteiger partial charge in [-0.05, 0) is 56.2 Å². The van der Waals surface area contributed by atoms with Gasteiger partial charge < -0.3 is 10.1 Å². The van der Waals surface area contributed by atoms with Gasteiger partial charge >= 0.3 is 0 Å². The molecule has 3 aromatic rings. The summed E-state index contributed by atoms with van der Waals surface area (Å²) in [6.45, 7) is 7.55. The predicted octanol–water partition coefficient (Wildman–Crippen LogP) is 3.67. The molecule has 0 aliphatic rings. The molecule has 0 aliphatic heterocycles. The largest absolute Gasteiger partial charge is 0.491 e. The van der Waals surface area contributed by atoms with Crippen molar-refractivity contribution >= 4 is 5.91 Å². The van der Waals surface area contributed by atoms with Crippen LogP contribution in [0.3, 0.4) is 0 Å². The molecule has 0 unspecified atom stereocenters. The Morgan fingerprint density at radius 1 is 1.07 bits per heavy atom. The minimum absolute atomic E-state index is 0.0985. The van der Waals surface area contributed by atoms with Gasteiger partial charge in [0.05, 0.1) is 18.8 Å². The normalized spacial score (nSPS) is 10.6. The highest BCUT2D eigenvalue weighted by atomic mass is 16.5. The fourth-order valence-electron chi connectivity index (χ4n) is 2.96. The van der Waals surface area contributed by atoms with Crippen molar-refractivity contribution < 1.29 is 9.53 Å². The summed E-state index contributed by atoms with van der Waals surface area (Å²) in [6.07, 6.45) is 0. The minimum Gasteiger partial charge on any atom is -0.491 e. The quantitative estimate of drug-likeness (QED) is 0.652. The number of aromatic nitrogens is 2. The van der Waals surface area contributed by atoms with Gasteiger partial charge in [-0.3, -0.25) is 9.48 Å². The van der Waals surface area contributed by atoms with Crippen LogP contribution in [-0.4, -0.2) is 28.8 Å². The number of nitrogens with zero attached hydrogens (tertiary/aromatic N) is 2. The second-order valence-electron chi connectivity index (χ2n) is 6.65. The topological polar surface area (TPSA) is 56.2 Å². The zero-order chi connectivity index (χ0) is 19.2. The molecule has 3 rings (SSSR count). The first kappa shape index (κ1) is 18.7. The van der Waals surface area contributed by atoms with Crippen molar-refractivity contribution in [1.82, 2.24) is 15.1 Å². The number of ether oxygens (including phenoxy) is 1. The zero-order valence-corrected chi connectivity index (χ0v) is 16.0. The molecule has 0 saturated carbocycles. The van der Waals surface area contributed by atoms with Crippen LogP contribution < -0.4 is 10.1 Å². The zero-order valence-electron chi connectivity index (χ0n) is 16.0. The summed E-state index contributed by atoms with van der Waals surface area (Å²) in [4.78, 5) is 12.4. The number of nitrogens with one attached hydrogen (secondary N) is 1. The van der Waals surface area contributed by atoms with Crippen molar-refractivity contribution in [3.05, 3.63) is 82.7 Å². The van der Waals surface area contributed by atoms with Crippen molar-refractivity contribution in [2.24, 2.45) is 0 Å². The minimum atomic E-state index is -0.0985.